The molecule has 0 aliphatic carbocycles. The van der Waals surface area contributed by atoms with Gasteiger partial charge in [-0.05, 0) is 38.5 Å². The lowest BCUT2D eigenvalue weighted by Crippen LogP contribution is -2.48. The third-order valence-corrected chi connectivity index (χ3v) is 6.94. The lowest BCUT2D eigenvalue weighted by atomic mass is 10.2. The second-order valence-corrected chi connectivity index (χ2v) is 8.74. The van der Waals surface area contributed by atoms with Gasteiger partial charge in [0.15, 0.2) is 0 Å². The van der Waals surface area contributed by atoms with Crippen LogP contribution in [0.2, 0.25) is 5.02 Å². The van der Waals surface area contributed by atoms with Gasteiger partial charge in [-0.3, -0.25) is 4.90 Å². The number of aryl methyl sites for hydroxylation is 3. The van der Waals surface area contributed by atoms with Crippen molar-refractivity contribution in [2.45, 2.75) is 32.2 Å². The molecule has 0 radical (unpaired) electrons. The van der Waals surface area contributed by atoms with Crippen LogP contribution in [0.25, 0.3) is 0 Å². The van der Waals surface area contributed by atoms with Crippen LogP contribution in [0.15, 0.2) is 27.6 Å². The van der Waals surface area contributed by atoms with E-state index in [9.17, 15) is 8.42 Å². The summed E-state index contributed by atoms with van der Waals surface area (Å²) in [6.45, 7) is 8.59. The molecule has 6 nitrogen and oxygen atoms in total. The highest BCUT2D eigenvalue weighted by molar-refractivity contribution is 7.89. The van der Waals surface area contributed by atoms with Crippen molar-refractivity contribution >= 4 is 21.6 Å². The second kappa shape index (κ2) is 7.07. The Labute approximate surface area is 153 Å². The van der Waals surface area contributed by atoms with Crippen molar-refractivity contribution in [1.82, 2.24) is 14.4 Å². The van der Waals surface area contributed by atoms with Crippen LogP contribution in [0.4, 0.5) is 0 Å². The molecule has 0 unspecified atom stereocenters. The van der Waals surface area contributed by atoms with Crippen LogP contribution in [0, 0.1) is 20.8 Å². The third-order valence-electron chi connectivity index (χ3n) is 4.66. The molecule has 0 amide bonds. The van der Waals surface area contributed by atoms with E-state index in [0.717, 1.165) is 23.6 Å². The van der Waals surface area contributed by atoms with Gasteiger partial charge in [0.2, 0.25) is 10.0 Å². The molecule has 1 aliphatic heterocycles. The smallest absolute Gasteiger partial charge is 0.243 e. The zero-order valence-corrected chi connectivity index (χ0v) is 16.2. The molecular formula is C17H22ClN3O3S. The first-order chi connectivity index (χ1) is 11.8. The molecule has 2 aromatic rings. The second-order valence-electron chi connectivity index (χ2n) is 6.39. The van der Waals surface area contributed by atoms with Crippen molar-refractivity contribution in [2.24, 2.45) is 0 Å². The zero-order valence-electron chi connectivity index (χ0n) is 14.6. The minimum Gasteiger partial charge on any atom is -0.361 e. The van der Waals surface area contributed by atoms with Crippen molar-refractivity contribution in [3.05, 3.63) is 45.8 Å². The van der Waals surface area contributed by atoms with E-state index in [4.69, 9.17) is 16.1 Å². The van der Waals surface area contributed by atoms with E-state index in [1.54, 1.807) is 19.1 Å². The molecule has 1 aromatic heterocycles. The van der Waals surface area contributed by atoms with Gasteiger partial charge in [-0.1, -0.05) is 22.8 Å². The molecule has 8 heteroatoms. The summed E-state index contributed by atoms with van der Waals surface area (Å²) in [7, 11) is -3.53. The summed E-state index contributed by atoms with van der Waals surface area (Å²) < 4.78 is 32.6. The summed E-state index contributed by atoms with van der Waals surface area (Å²) in [4.78, 5) is 2.52. The molecule has 0 spiro atoms. The van der Waals surface area contributed by atoms with Gasteiger partial charge in [0.05, 0.1) is 10.6 Å². The monoisotopic (exact) mass is 383 g/mol. The molecule has 1 saturated heterocycles. The summed E-state index contributed by atoms with van der Waals surface area (Å²) in [5, 5.41) is 4.40. The van der Waals surface area contributed by atoms with Gasteiger partial charge >= 0.3 is 0 Å². The minimum absolute atomic E-state index is 0.291. The van der Waals surface area contributed by atoms with E-state index >= 15 is 0 Å². The van der Waals surface area contributed by atoms with Gasteiger partial charge in [-0.2, -0.15) is 4.31 Å². The van der Waals surface area contributed by atoms with Gasteiger partial charge in [0, 0.05) is 43.3 Å². The van der Waals surface area contributed by atoms with Crippen molar-refractivity contribution in [3.8, 4) is 0 Å². The van der Waals surface area contributed by atoms with Gasteiger partial charge < -0.3 is 4.52 Å². The van der Waals surface area contributed by atoms with E-state index in [1.807, 2.05) is 13.8 Å². The predicted molar refractivity (Wildman–Crippen MR) is 96.2 cm³/mol. The Balaban J connectivity index is 1.70. The number of aromatic nitrogens is 1. The van der Waals surface area contributed by atoms with E-state index in [2.05, 4.69) is 10.1 Å². The summed E-state index contributed by atoms with van der Waals surface area (Å²) in [5.74, 6) is 0.821. The van der Waals surface area contributed by atoms with Crippen LogP contribution in [0.3, 0.4) is 0 Å². The number of piperazine rings is 1. The Morgan fingerprint density at radius 3 is 2.44 bits per heavy atom. The predicted octanol–water partition coefficient (Wildman–Crippen LogP) is 2.76. The first kappa shape index (κ1) is 18.4. The van der Waals surface area contributed by atoms with Crippen LogP contribution in [-0.4, -0.2) is 49.0 Å². The minimum atomic E-state index is -3.53. The summed E-state index contributed by atoms with van der Waals surface area (Å²) in [6.07, 6.45) is 0. The lowest BCUT2D eigenvalue weighted by Gasteiger charge is -2.34. The largest absolute Gasteiger partial charge is 0.361 e. The number of rotatable bonds is 4. The van der Waals surface area contributed by atoms with Crippen molar-refractivity contribution in [1.29, 1.82) is 0 Å². The molecule has 2 heterocycles. The standard InChI is InChI=1S/C17H22ClN3O3S/c1-12-4-5-15(18)10-17(12)25(22,23)21-8-6-20(7-9-21)11-16-13(2)19-24-14(16)3/h4-5,10H,6-9,11H2,1-3H3. The quantitative estimate of drug-likeness (QED) is 0.812. The molecule has 0 bridgehead atoms. The fraction of sp³-hybridized carbons (Fsp3) is 0.471. The Hall–Kier alpha value is -1.41. The molecular weight excluding hydrogens is 362 g/mol. The van der Waals surface area contributed by atoms with Crippen LogP contribution in [0.1, 0.15) is 22.6 Å². The highest BCUT2D eigenvalue weighted by Gasteiger charge is 2.30. The van der Waals surface area contributed by atoms with Crippen molar-refractivity contribution < 1.29 is 12.9 Å². The highest BCUT2D eigenvalue weighted by Crippen LogP contribution is 2.25. The summed E-state index contributed by atoms with van der Waals surface area (Å²) in [6, 6.07) is 4.98. The molecule has 0 N–H and O–H groups in total. The fourth-order valence-electron chi connectivity index (χ4n) is 3.07. The molecule has 0 atom stereocenters. The SMILES string of the molecule is Cc1ccc(Cl)cc1S(=O)(=O)N1CCN(Cc2c(C)noc2C)CC1. The summed E-state index contributed by atoms with van der Waals surface area (Å²) in [5.41, 5.74) is 2.69. The number of benzene rings is 1. The maximum atomic E-state index is 12.9. The Bertz CT molecular complexity index is 852. The van der Waals surface area contributed by atoms with Gasteiger partial charge in [0.1, 0.15) is 5.76 Å². The normalized spacial score (nSPS) is 17.1. The first-order valence-electron chi connectivity index (χ1n) is 8.19. The van der Waals surface area contributed by atoms with Gasteiger partial charge in [-0.25, -0.2) is 8.42 Å². The van der Waals surface area contributed by atoms with Gasteiger partial charge in [0.25, 0.3) is 0 Å². The average Bonchev–Trinajstić information content (AvgIpc) is 2.89. The highest BCUT2D eigenvalue weighted by atomic mass is 35.5. The number of sulfonamides is 1. The molecule has 136 valence electrons. The molecule has 1 aliphatic rings. The Morgan fingerprint density at radius 2 is 1.84 bits per heavy atom. The van der Waals surface area contributed by atoms with E-state index in [0.29, 0.717) is 41.7 Å². The molecule has 1 fully saturated rings. The Kier molecular flexibility index (Phi) is 5.20. The topological polar surface area (TPSA) is 66.7 Å². The first-order valence-corrected chi connectivity index (χ1v) is 10.0. The lowest BCUT2D eigenvalue weighted by molar-refractivity contribution is 0.180. The van der Waals surface area contributed by atoms with E-state index < -0.39 is 10.0 Å². The number of halogens is 1. The molecule has 1 aromatic carbocycles. The molecule has 0 saturated carbocycles. The molecule has 25 heavy (non-hydrogen) atoms. The van der Waals surface area contributed by atoms with Crippen LogP contribution in [0.5, 0.6) is 0 Å². The maximum Gasteiger partial charge on any atom is 0.243 e. The van der Waals surface area contributed by atoms with E-state index in [1.165, 1.54) is 10.4 Å². The van der Waals surface area contributed by atoms with Crippen LogP contribution >= 0.6 is 11.6 Å². The van der Waals surface area contributed by atoms with E-state index in [-0.39, 0.29) is 0 Å². The summed E-state index contributed by atoms with van der Waals surface area (Å²) >= 11 is 5.99. The maximum absolute atomic E-state index is 12.9. The van der Waals surface area contributed by atoms with Gasteiger partial charge in [-0.15, -0.1) is 0 Å². The fourth-order valence-corrected chi connectivity index (χ4v) is 4.98. The zero-order chi connectivity index (χ0) is 18.2. The number of hydrogen-bond acceptors (Lipinski definition) is 5. The average molecular weight is 384 g/mol. The third kappa shape index (κ3) is 3.74. The van der Waals surface area contributed by atoms with Crippen LogP contribution < -0.4 is 0 Å². The van der Waals surface area contributed by atoms with Crippen LogP contribution in [-0.2, 0) is 16.6 Å². The molecule has 3 rings (SSSR count). The number of hydrogen-bond donors (Lipinski definition) is 0. The Morgan fingerprint density at radius 1 is 1.16 bits per heavy atom. The van der Waals surface area contributed by atoms with Crippen molar-refractivity contribution in [3.63, 3.8) is 0 Å². The number of nitrogens with zero attached hydrogens (tertiary/aromatic N) is 3. The van der Waals surface area contributed by atoms with Crippen molar-refractivity contribution in [2.75, 3.05) is 26.2 Å².